The van der Waals surface area contributed by atoms with Crippen molar-refractivity contribution in [3.8, 4) is 0 Å². The van der Waals surface area contributed by atoms with Crippen LogP contribution in [0.5, 0.6) is 0 Å². The Morgan fingerprint density at radius 1 is 0.800 bits per heavy atom. The van der Waals surface area contributed by atoms with Gasteiger partial charge in [-0.1, -0.05) is 40.0 Å². The molecule has 0 aliphatic heterocycles. The van der Waals surface area contributed by atoms with E-state index in [9.17, 15) is 0 Å². The minimum absolute atomic E-state index is 1.08. The fourth-order valence-electron chi connectivity index (χ4n) is 4.67. The van der Waals surface area contributed by atoms with E-state index in [1.807, 2.05) is 13.8 Å². The third-order valence-corrected chi connectivity index (χ3v) is 5.25. The van der Waals surface area contributed by atoms with Crippen LogP contribution in [0.4, 0.5) is 0 Å². The molecule has 0 heteroatoms. The maximum absolute atomic E-state index is 2.50. The zero-order valence-corrected chi connectivity index (χ0v) is 10.8. The van der Waals surface area contributed by atoms with Crippen molar-refractivity contribution in [1.29, 1.82) is 0 Å². The van der Waals surface area contributed by atoms with E-state index in [2.05, 4.69) is 6.92 Å². The SMILES string of the molecule is CC.CC1CC2CCC3CCCCC3C12. The van der Waals surface area contributed by atoms with Crippen LogP contribution in [0.3, 0.4) is 0 Å². The van der Waals surface area contributed by atoms with E-state index < -0.39 is 0 Å². The van der Waals surface area contributed by atoms with Gasteiger partial charge in [-0.25, -0.2) is 0 Å². The molecule has 3 rings (SSSR count). The van der Waals surface area contributed by atoms with Gasteiger partial charge in [0.2, 0.25) is 0 Å². The fourth-order valence-corrected chi connectivity index (χ4v) is 4.67. The van der Waals surface area contributed by atoms with E-state index in [0.717, 1.165) is 23.7 Å². The second-order valence-electron chi connectivity index (χ2n) is 5.84. The normalized spacial score (nSPS) is 47.8. The molecule has 3 aliphatic rings. The summed E-state index contributed by atoms with van der Waals surface area (Å²) in [6.07, 6.45) is 10.9. The molecule has 0 N–H and O–H groups in total. The molecular formula is C15H28. The molecule has 0 heterocycles. The first kappa shape index (κ1) is 11.5. The lowest BCUT2D eigenvalue weighted by molar-refractivity contribution is -0.0572. The van der Waals surface area contributed by atoms with Crippen LogP contribution in [0.15, 0.2) is 0 Å². The average molecular weight is 208 g/mol. The lowest BCUT2D eigenvalue weighted by atomic mass is 9.50. The van der Waals surface area contributed by atoms with Crippen LogP contribution in [0, 0.1) is 29.6 Å². The first-order valence-corrected chi connectivity index (χ1v) is 7.36. The molecule has 3 saturated carbocycles. The van der Waals surface area contributed by atoms with Gasteiger partial charge in [-0.2, -0.15) is 0 Å². The third-order valence-electron chi connectivity index (χ3n) is 5.25. The molecule has 3 aliphatic carbocycles. The Bertz CT molecular complexity index is 196. The van der Waals surface area contributed by atoms with E-state index in [0.29, 0.717) is 0 Å². The summed E-state index contributed by atoms with van der Waals surface area (Å²) in [6, 6.07) is 0. The van der Waals surface area contributed by atoms with Gasteiger partial charge in [-0.3, -0.25) is 0 Å². The summed E-state index contributed by atoms with van der Waals surface area (Å²) in [5.41, 5.74) is 0. The highest BCUT2D eigenvalue weighted by atomic mass is 14.5. The molecule has 0 radical (unpaired) electrons. The second-order valence-corrected chi connectivity index (χ2v) is 5.84. The molecule has 0 aromatic carbocycles. The smallest absolute Gasteiger partial charge is 0.0329 e. The summed E-state index contributed by atoms with van der Waals surface area (Å²) in [5.74, 6) is 5.72. The van der Waals surface area contributed by atoms with Gasteiger partial charge in [0.25, 0.3) is 0 Å². The van der Waals surface area contributed by atoms with E-state index in [-0.39, 0.29) is 0 Å². The van der Waals surface area contributed by atoms with Crippen molar-refractivity contribution in [3.05, 3.63) is 0 Å². The summed E-state index contributed by atoms with van der Waals surface area (Å²) in [5, 5.41) is 0. The molecule has 0 nitrogen and oxygen atoms in total. The predicted octanol–water partition coefficient (Wildman–Crippen LogP) is 4.89. The van der Waals surface area contributed by atoms with Crippen LogP contribution in [-0.4, -0.2) is 0 Å². The van der Waals surface area contributed by atoms with Crippen LogP contribution in [0.25, 0.3) is 0 Å². The number of rotatable bonds is 0. The molecule has 5 unspecified atom stereocenters. The highest BCUT2D eigenvalue weighted by Crippen LogP contribution is 2.57. The van der Waals surface area contributed by atoms with Crippen molar-refractivity contribution < 1.29 is 0 Å². The summed E-state index contributed by atoms with van der Waals surface area (Å²) in [7, 11) is 0. The van der Waals surface area contributed by atoms with Crippen molar-refractivity contribution in [2.45, 2.75) is 65.7 Å². The molecule has 0 aromatic rings. The van der Waals surface area contributed by atoms with Crippen LogP contribution < -0.4 is 0 Å². The zero-order chi connectivity index (χ0) is 10.8. The van der Waals surface area contributed by atoms with Crippen LogP contribution >= 0.6 is 0 Å². The fraction of sp³-hybridized carbons (Fsp3) is 1.00. The van der Waals surface area contributed by atoms with E-state index in [4.69, 9.17) is 0 Å². The van der Waals surface area contributed by atoms with Crippen LogP contribution in [0.2, 0.25) is 0 Å². The van der Waals surface area contributed by atoms with Crippen molar-refractivity contribution in [1.82, 2.24) is 0 Å². The topological polar surface area (TPSA) is 0 Å². The second kappa shape index (κ2) is 4.89. The van der Waals surface area contributed by atoms with Gasteiger partial charge in [0, 0.05) is 0 Å². The Morgan fingerprint density at radius 2 is 1.47 bits per heavy atom. The van der Waals surface area contributed by atoms with E-state index in [1.54, 1.807) is 32.1 Å². The number of fused-ring (bicyclic) bond motifs is 3. The van der Waals surface area contributed by atoms with Gasteiger partial charge in [-0.05, 0) is 55.3 Å². The summed E-state index contributed by atoms with van der Waals surface area (Å²) in [6.45, 7) is 6.50. The molecular weight excluding hydrogens is 180 g/mol. The van der Waals surface area contributed by atoms with Crippen molar-refractivity contribution in [2.24, 2.45) is 29.6 Å². The largest absolute Gasteiger partial charge is 0.0683 e. The minimum atomic E-state index is 1.08. The monoisotopic (exact) mass is 208 g/mol. The number of hydrogen-bond acceptors (Lipinski definition) is 0. The first-order valence-electron chi connectivity index (χ1n) is 7.36. The zero-order valence-electron chi connectivity index (χ0n) is 10.8. The molecule has 0 bridgehead atoms. The Labute approximate surface area is 95.8 Å². The summed E-state index contributed by atoms with van der Waals surface area (Å²) < 4.78 is 0. The van der Waals surface area contributed by atoms with Gasteiger partial charge < -0.3 is 0 Å². The third kappa shape index (κ3) is 1.97. The summed E-state index contributed by atoms with van der Waals surface area (Å²) >= 11 is 0. The van der Waals surface area contributed by atoms with E-state index in [1.165, 1.54) is 18.8 Å². The molecule has 0 saturated heterocycles. The Kier molecular flexibility index (Phi) is 3.74. The summed E-state index contributed by atoms with van der Waals surface area (Å²) in [4.78, 5) is 0. The molecule has 0 spiro atoms. The maximum Gasteiger partial charge on any atom is -0.0329 e. The van der Waals surface area contributed by atoms with Gasteiger partial charge in [0.1, 0.15) is 0 Å². The van der Waals surface area contributed by atoms with Crippen molar-refractivity contribution >= 4 is 0 Å². The Hall–Kier alpha value is 0. The molecule has 3 fully saturated rings. The Morgan fingerprint density at radius 3 is 2.20 bits per heavy atom. The van der Waals surface area contributed by atoms with Crippen LogP contribution in [0.1, 0.15) is 65.7 Å². The molecule has 0 amide bonds. The van der Waals surface area contributed by atoms with Crippen molar-refractivity contribution in [2.75, 3.05) is 0 Å². The molecule has 5 atom stereocenters. The standard InChI is InChI=1S/C13H22.C2H6/c1-9-8-11-7-6-10-4-2-3-5-12(10)13(9)11;1-2/h9-13H,2-8H2,1H3;1-2H3. The van der Waals surface area contributed by atoms with Gasteiger partial charge in [0.05, 0.1) is 0 Å². The van der Waals surface area contributed by atoms with Gasteiger partial charge in [0.15, 0.2) is 0 Å². The van der Waals surface area contributed by atoms with E-state index >= 15 is 0 Å². The maximum atomic E-state index is 2.50. The van der Waals surface area contributed by atoms with Crippen LogP contribution in [-0.2, 0) is 0 Å². The lowest BCUT2D eigenvalue weighted by Crippen LogP contribution is -2.47. The predicted molar refractivity (Wildman–Crippen MR) is 66.8 cm³/mol. The lowest BCUT2D eigenvalue weighted by Gasteiger charge is -2.55. The minimum Gasteiger partial charge on any atom is -0.0683 e. The van der Waals surface area contributed by atoms with Crippen molar-refractivity contribution in [3.63, 3.8) is 0 Å². The number of hydrogen-bond donors (Lipinski definition) is 0. The first-order chi connectivity index (χ1) is 7.36. The average Bonchev–Trinajstić information content (AvgIpc) is 2.29. The quantitative estimate of drug-likeness (QED) is 0.532. The van der Waals surface area contributed by atoms with Gasteiger partial charge in [-0.15, -0.1) is 0 Å². The molecule has 15 heavy (non-hydrogen) atoms. The van der Waals surface area contributed by atoms with Gasteiger partial charge >= 0.3 is 0 Å². The Balaban J connectivity index is 0.000000404. The highest BCUT2D eigenvalue weighted by molar-refractivity contribution is 4.98. The molecule has 0 aromatic heterocycles. The molecule has 88 valence electrons. The highest BCUT2D eigenvalue weighted by Gasteiger charge is 2.48.